The molecular formula is C8H12ClN3. The molecule has 0 radical (unpaired) electrons. The van der Waals surface area contributed by atoms with E-state index in [2.05, 4.69) is 9.97 Å². The van der Waals surface area contributed by atoms with Crippen molar-refractivity contribution in [3.63, 3.8) is 0 Å². The highest BCUT2D eigenvalue weighted by molar-refractivity contribution is 6.30. The lowest BCUT2D eigenvalue weighted by atomic mass is 9.88. The number of anilines is 1. The summed E-state index contributed by atoms with van der Waals surface area (Å²) in [5, 5.41) is 0.440. The molecular weight excluding hydrogens is 174 g/mol. The number of nitrogens with two attached hydrogens (primary N) is 1. The van der Waals surface area contributed by atoms with Gasteiger partial charge in [0.25, 0.3) is 0 Å². The molecule has 0 bridgehead atoms. The summed E-state index contributed by atoms with van der Waals surface area (Å²) in [6.45, 7) is 6.07. The number of rotatable bonds is 0. The number of nitrogen functional groups attached to an aromatic ring is 1. The smallest absolute Gasteiger partial charge is 0.138 e. The van der Waals surface area contributed by atoms with Gasteiger partial charge in [-0.3, -0.25) is 0 Å². The summed E-state index contributed by atoms with van der Waals surface area (Å²) in [4.78, 5) is 7.77. The Morgan fingerprint density at radius 1 is 1.33 bits per heavy atom. The molecule has 66 valence electrons. The van der Waals surface area contributed by atoms with E-state index in [-0.39, 0.29) is 5.41 Å². The van der Waals surface area contributed by atoms with Gasteiger partial charge in [0.05, 0.1) is 0 Å². The first-order valence-electron chi connectivity index (χ1n) is 3.69. The third-order valence-electron chi connectivity index (χ3n) is 1.58. The maximum atomic E-state index is 5.88. The second-order valence-corrected chi connectivity index (χ2v) is 4.03. The minimum absolute atomic E-state index is 0.109. The van der Waals surface area contributed by atoms with Crippen LogP contribution in [0.1, 0.15) is 26.3 Å². The van der Waals surface area contributed by atoms with Crippen molar-refractivity contribution in [2.24, 2.45) is 0 Å². The average Bonchev–Trinajstić information content (AvgIpc) is 1.82. The molecule has 0 unspecified atom stereocenters. The molecule has 0 saturated carbocycles. The van der Waals surface area contributed by atoms with Crippen molar-refractivity contribution in [1.82, 2.24) is 9.97 Å². The van der Waals surface area contributed by atoms with Crippen LogP contribution in [0.3, 0.4) is 0 Å². The second kappa shape index (κ2) is 2.90. The number of nitrogens with zero attached hydrogens (tertiary/aromatic N) is 2. The molecule has 3 nitrogen and oxygen atoms in total. The summed E-state index contributed by atoms with van der Waals surface area (Å²) in [6, 6.07) is 0. The number of hydrogen-bond donors (Lipinski definition) is 1. The Balaban J connectivity index is 3.31. The van der Waals surface area contributed by atoms with Crippen molar-refractivity contribution in [2.75, 3.05) is 5.73 Å². The number of halogens is 1. The van der Waals surface area contributed by atoms with Crippen LogP contribution in [-0.2, 0) is 5.41 Å². The third kappa shape index (κ3) is 1.67. The Hall–Kier alpha value is -0.830. The maximum absolute atomic E-state index is 5.88. The molecule has 0 aromatic carbocycles. The van der Waals surface area contributed by atoms with Crippen LogP contribution in [0.2, 0.25) is 5.15 Å². The van der Waals surface area contributed by atoms with Crippen molar-refractivity contribution in [2.45, 2.75) is 26.2 Å². The van der Waals surface area contributed by atoms with Gasteiger partial charge in [-0.2, -0.15) is 0 Å². The Bertz CT molecular complexity index is 271. The van der Waals surface area contributed by atoms with E-state index in [0.29, 0.717) is 11.0 Å². The Morgan fingerprint density at radius 2 is 1.92 bits per heavy atom. The van der Waals surface area contributed by atoms with Gasteiger partial charge in [0.15, 0.2) is 0 Å². The Kier molecular flexibility index (Phi) is 2.24. The molecule has 0 aliphatic rings. The molecule has 1 aromatic rings. The van der Waals surface area contributed by atoms with Crippen LogP contribution < -0.4 is 5.73 Å². The fraction of sp³-hybridized carbons (Fsp3) is 0.500. The van der Waals surface area contributed by atoms with E-state index in [1.54, 1.807) is 0 Å². The average molecular weight is 186 g/mol. The summed E-state index contributed by atoms with van der Waals surface area (Å²) in [5.74, 6) is 0.461. The van der Waals surface area contributed by atoms with Crippen molar-refractivity contribution < 1.29 is 0 Å². The molecule has 12 heavy (non-hydrogen) atoms. The molecule has 0 fully saturated rings. The molecule has 0 aliphatic carbocycles. The topological polar surface area (TPSA) is 51.8 Å². The van der Waals surface area contributed by atoms with E-state index in [9.17, 15) is 0 Å². The standard InChI is InChI=1S/C8H12ClN3/c1-8(2,3)5-6(9)11-4-12-7(5)10/h4H,1-3H3,(H2,10,11,12). The zero-order chi connectivity index (χ0) is 9.35. The zero-order valence-electron chi connectivity index (χ0n) is 7.43. The van der Waals surface area contributed by atoms with Crippen molar-refractivity contribution in [3.8, 4) is 0 Å². The molecule has 0 aliphatic heterocycles. The Labute approximate surface area is 77.0 Å². The summed E-state index contributed by atoms with van der Waals surface area (Å²) >= 11 is 5.88. The highest BCUT2D eigenvalue weighted by atomic mass is 35.5. The third-order valence-corrected chi connectivity index (χ3v) is 1.87. The van der Waals surface area contributed by atoms with E-state index in [4.69, 9.17) is 17.3 Å². The van der Waals surface area contributed by atoms with Gasteiger partial charge in [0.2, 0.25) is 0 Å². The summed E-state index contributed by atoms with van der Waals surface area (Å²) in [6.07, 6.45) is 1.37. The number of hydrogen-bond acceptors (Lipinski definition) is 3. The highest BCUT2D eigenvalue weighted by Crippen LogP contribution is 2.30. The monoisotopic (exact) mass is 185 g/mol. The van der Waals surface area contributed by atoms with Gasteiger partial charge in [-0.1, -0.05) is 32.4 Å². The van der Waals surface area contributed by atoms with Gasteiger partial charge >= 0.3 is 0 Å². The number of aromatic nitrogens is 2. The van der Waals surface area contributed by atoms with E-state index >= 15 is 0 Å². The van der Waals surface area contributed by atoms with Gasteiger partial charge in [-0.05, 0) is 5.41 Å². The van der Waals surface area contributed by atoms with Crippen molar-refractivity contribution in [1.29, 1.82) is 0 Å². The van der Waals surface area contributed by atoms with Crippen LogP contribution in [0.4, 0.5) is 5.82 Å². The predicted octanol–water partition coefficient (Wildman–Crippen LogP) is 2.01. The first kappa shape index (κ1) is 9.26. The molecule has 0 saturated heterocycles. The van der Waals surface area contributed by atoms with Crippen LogP contribution in [0.15, 0.2) is 6.33 Å². The van der Waals surface area contributed by atoms with Crippen molar-refractivity contribution in [3.05, 3.63) is 17.0 Å². The zero-order valence-corrected chi connectivity index (χ0v) is 8.18. The van der Waals surface area contributed by atoms with Gasteiger partial charge < -0.3 is 5.73 Å². The van der Waals surface area contributed by atoms with E-state index in [1.165, 1.54) is 6.33 Å². The normalized spacial score (nSPS) is 11.7. The Morgan fingerprint density at radius 3 is 2.25 bits per heavy atom. The van der Waals surface area contributed by atoms with Crippen LogP contribution in [-0.4, -0.2) is 9.97 Å². The summed E-state index contributed by atoms with van der Waals surface area (Å²) < 4.78 is 0. The molecule has 1 rings (SSSR count). The van der Waals surface area contributed by atoms with E-state index < -0.39 is 0 Å². The second-order valence-electron chi connectivity index (χ2n) is 3.67. The molecule has 1 heterocycles. The van der Waals surface area contributed by atoms with Gasteiger partial charge in [0, 0.05) is 5.56 Å². The molecule has 1 aromatic heterocycles. The SMILES string of the molecule is CC(C)(C)c1c(N)ncnc1Cl. The van der Waals surface area contributed by atoms with Crippen LogP contribution in [0.5, 0.6) is 0 Å². The maximum Gasteiger partial charge on any atom is 0.138 e. The first-order valence-corrected chi connectivity index (χ1v) is 4.07. The van der Waals surface area contributed by atoms with Crippen LogP contribution >= 0.6 is 11.6 Å². The summed E-state index contributed by atoms with van der Waals surface area (Å²) in [7, 11) is 0. The molecule has 0 atom stereocenters. The fourth-order valence-electron chi connectivity index (χ4n) is 1.07. The molecule has 2 N–H and O–H groups in total. The quantitative estimate of drug-likeness (QED) is 0.630. The molecule has 0 spiro atoms. The molecule has 4 heteroatoms. The van der Waals surface area contributed by atoms with Gasteiger partial charge in [-0.25, -0.2) is 9.97 Å². The lowest BCUT2D eigenvalue weighted by Gasteiger charge is -2.20. The van der Waals surface area contributed by atoms with Gasteiger partial charge in [-0.15, -0.1) is 0 Å². The van der Waals surface area contributed by atoms with E-state index in [1.807, 2.05) is 20.8 Å². The minimum Gasteiger partial charge on any atom is -0.383 e. The van der Waals surface area contributed by atoms with Gasteiger partial charge in [0.1, 0.15) is 17.3 Å². The summed E-state index contributed by atoms with van der Waals surface area (Å²) in [5.41, 5.74) is 6.37. The van der Waals surface area contributed by atoms with Crippen LogP contribution in [0.25, 0.3) is 0 Å². The minimum atomic E-state index is -0.109. The molecule has 0 amide bonds. The highest BCUT2D eigenvalue weighted by Gasteiger charge is 2.21. The lowest BCUT2D eigenvalue weighted by Crippen LogP contribution is -2.16. The first-order chi connectivity index (χ1) is 5.43. The predicted molar refractivity (Wildman–Crippen MR) is 50.2 cm³/mol. The van der Waals surface area contributed by atoms with E-state index in [0.717, 1.165) is 5.56 Å². The van der Waals surface area contributed by atoms with Crippen molar-refractivity contribution >= 4 is 17.4 Å². The lowest BCUT2D eigenvalue weighted by molar-refractivity contribution is 0.587. The fourth-order valence-corrected chi connectivity index (χ4v) is 1.49. The largest absolute Gasteiger partial charge is 0.383 e. The van der Waals surface area contributed by atoms with Crippen LogP contribution in [0, 0.1) is 0 Å².